The number of rotatable bonds is 5. The Morgan fingerprint density at radius 2 is 2.25 bits per heavy atom. The number of benzene rings is 1. The number of hydrogen-bond donors (Lipinski definition) is 2. The summed E-state index contributed by atoms with van der Waals surface area (Å²) < 4.78 is 5.28. The smallest absolute Gasteiger partial charge is 0.303 e. The van der Waals surface area contributed by atoms with Crippen molar-refractivity contribution in [3.8, 4) is 5.75 Å². The van der Waals surface area contributed by atoms with Gasteiger partial charge in [0.2, 0.25) is 0 Å². The summed E-state index contributed by atoms with van der Waals surface area (Å²) >= 11 is 0. The highest BCUT2D eigenvalue weighted by Gasteiger charge is 2.14. The number of ether oxygens (including phenoxy) is 1. The maximum absolute atomic E-state index is 10.5. The summed E-state index contributed by atoms with van der Waals surface area (Å²) in [5.74, 6) is -0.0811. The van der Waals surface area contributed by atoms with Crippen LogP contribution in [-0.2, 0) is 4.79 Å². The van der Waals surface area contributed by atoms with Crippen molar-refractivity contribution in [1.29, 1.82) is 0 Å². The molecule has 1 atom stereocenters. The second-order valence-electron chi connectivity index (χ2n) is 3.74. The molecule has 0 heterocycles. The Balaban J connectivity index is 2.85. The number of aryl methyl sites for hydroxylation is 1. The van der Waals surface area contributed by atoms with Crippen LogP contribution < -0.4 is 10.5 Å². The van der Waals surface area contributed by atoms with Crippen LogP contribution in [0, 0.1) is 6.92 Å². The standard InChI is InChI=1S/C12H17NO3/c1-8-4-3-5-9(12(8)16-2)10(13)6-7-11(14)15/h3-5,10H,6-7,13H2,1-2H3,(H,14,15). The lowest BCUT2D eigenvalue weighted by atomic mass is 9.99. The Labute approximate surface area is 95.0 Å². The monoisotopic (exact) mass is 223 g/mol. The van der Waals surface area contributed by atoms with E-state index in [2.05, 4.69) is 0 Å². The van der Waals surface area contributed by atoms with Gasteiger partial charge in [-0.1, -0.05) is 18.2 Å². The molecular weight excluding hydrogens is 206 g/mol. The molecule has 0 aliphatic carbocycles. The van der Waals surface area contributed by atoms with Gasteiger partial charge in [0.05, 0.1) is 7.11 Å². The van der Waals surface area contributed by atoms with Gasteiger partial charge < -0.3 is 15.6 Å². The third-order valence-electron chi connectivity index (χ3n) is 2.52. The van der Waals surface area contributed by atoms with Gasteiger partial charge in [0.15, 0.2) is 0 Å². The molecule has 0 amide bonds. The van der Waals surface area contributed by atoms with Crippen molar-refractivity contribution in [1.82, 2.24) is 0 Å². The van der Waals surface area contributed by atoms with Crippen molar-refractivity contribution in [2.45, 2.75) is 25.8 Å². The second-order valence-corrected chi connectivity index (χ2v) is 3.74. The highest BCUT2D eigenvalue weighted by atomic mass is 16.5. The van der Waals surface area contributed by atoms with Gasteiger partial charge in [-0.3, -0.25) is 4.79 Å². The lowest BCUT2D eigenvalue weighted by molar-refractivity contribution is -0.137. The first-order valence-electron chi connectivity index (χ1n) is 5.17. The number of aliphatic carboxylic acids is 1. The molecule has 0 aliphatic rings. The maximum Gasteiger partial charge on any atom is 0.303 e. The van der Waals surface area contributed by atoms with E-state index in [4.69, 9.17) is 15.6 Å². The summed E-state index contributed by atoms with van der Waals surface area (Å²) in [5, 5.41) is 8.60. The van der Waals surface area contributed by atoms with E-state index in [-0.39, 0.29) is 12.5 Å². The van der Waals surface area contributed by atoms with Crippen molar-refractivity contribution in [3.63, 3.8) is 0 Å². The Bertz CT molecular complexity index is 377. The molecule has 0 saturated heterocycles. The topological polar surface area (TPSA) is 72.5 Å². The van der Waals surface area contributed by atoms with Crippen LogP contribution >= 0.6 is 0 Å². The van der Waals surface area contributed by atoms with E-state index in [1.54, 1.807) is 7.11 Å². The van der Waals surface area contributed by atoms with Gasteiger partial charge in [0.25, 0.3) is 0 Å². The SMILES string of the molecule is COc1c(C)cccc1C(N)CCC(=O)O. The number of methoxy groups -OCH3 is 1. The Morgan fingerprint density at radius 1 is 1.56 bits per heavy atom. The molecule has 88 valence electrons. The maximum atomic E-state index is 10.5. The van der Waals surface area contributed by atoms with E-state index >= 15 is 0 Å². The Morgan fingerprint density at radius 3 is 2.81 bits per heavy atom. The molecule has 0 spiro atoms. The number of para-hydroxylation sites is 1. The number of carboxylic acid groups (broad SMARTS) is 1. The molecule has 0 aliphatic heterocycles. The summed E-state index contributed by atoms with van der Waals surface area (Å²) in [7, 11) is 1.59. The molecule has 0 saturated carbocycles. The van der Waals surface area contributed by atoms with Crippen LogP contribution in [0.1, 0.15) is 30.0 Å². The number of hydrogen-bond acceptors (Lipinski definition) is 3. The number of carbonyl (C=O) groups is 1. The summed E-state index contributed by atoms with van der Waals surface area (Å²) in [5.41, 5.74) is 7.82. The van der Waals surface area contributed by atoms with Gasteiger partial charge >= 0.3 is 5.97 Å². The van der Waals surface area contributed by atoms with Gasteiger partial charge in [-0.15, -0.1) is 0 Å². The highest BCUT2D eigenvalue weighted by molar-refractivity contribution is 5.66. The van der Waals surface area contributed by atoms with E-state index in [1.165, 1.54) is 0 Å². The van der Waals surface area contributed by atoms with Crippen LogP contribution in [0.2, 0.25) is 0 Å². The minimum atomic E-state index is -0.831. The lowest BCUT2D eigenvalue weighted by Crippen LogP contribution is -2.13. The van der Waals surface area contributed by atoms with Gasteiger partial charge in [-0.25, -0.2) is 0 Å². The minimum Gasteiger partial charge on any atom is -0.496 e. The molecule has 1 unspecified atom stereocenters. The molecule has 0 radical (unpaired) electrons. The largest absolute Gasteiger partial charge is 0.496 e. The quantitative estimate of drug-likeness (QED) is 0.799. The number of carboxylic acids is 1. The Kier molecular flexibility index (Phi) is 4.31. The highest BCUT2D eigenvalue weighted by Crippen LogP contribution is 2.29. The minimum absolute atomic E-state index is 0.0677. The molecule has 1 aromatic carbocycles. The predicted molar refractivity (Wildman–Crippen MR) is 61.5 cm³/mol. The fourth-order valence-corrected chi connectivity index (χ4v) is 1.68. The molecule has 0 fully saturated rings. The first kappa shape index (κ1) is 12.5. The van der Waals surface area contributed by atoms with Gasteiger partial charge in [0.1, 0.15) is 5.75 Å². The van der Waals surface area contributed by atoms with Crippen molar-refractivity contribution in [2.75, 3.05) is 7.11 Å². The molecule has 4 heteroatoms. The van der Waals surface area contributed by atoms with Crippen LogP contribution in [-0.4, -0.2) is 18.2 Å². The normalized spacial score (nSPS) is 12.2. The van der Waals surface area contributed by atoms with Crippen molar-refractivity contribution in [3.05, 3.63) is 29.3 Å². The summed E-state index contributed by atoms with van der Waals surface area (Å²) in [4.78, 5) is 10.5. The molecule has 0 bridgehead atoms. The fourth-order valence-electron chi connectivity index (χ4n) is 1.68. The van der Waals surface area contributed by atoms with E-state index in [0.29, 0.717) is 6.42 Å². The summed E-state index contributed by atoms with van der Waals surface area (Å²) in [6.45, 7) is 1.94. The van der Waals surface area contributed by atoms with Crippen LogP contribution in [0.4, 0.5) is 0 Å². The van der Waals surface area contributed by atoms with Crippen molar-refractivity contribution in [2.24, 2.45) is 5.73 Å². The van der Waals surface area contributed by atoms with Crippen molar-refractivity contribution < 1.29 is 14.6 Å². The zero-order valence-electron chi connectivity index (χ0n) is 9.56. The molecule has 16 heavy (non-hydrogen) atoms. The third kappa shape index (κ3) is 2.97. The molecule has 0 aromatic heterocycles. The van der Waals surface area contributed by atoms with Crippen LogP contribution in [0.25, 0.3) is 0 Å². The van der Waals surface area contributed by atoms with Crippen LogP contribution in [0.3, 0.4) is 0 Å². The third-order valence-corrected chi connectivity index (χ3v) is 2.52. The van der Waals surface area contributed by atoms with E-state index in [0.717, 1.165) is 16.9 Å². The van der Waals surface area contributed by atoms with Crippen LogP contribution in [0.5, 0.6) is 5.75 Å². The first-order valence-corrected chi connectivity index (χ1v) is 5.17. The Hall–Kier alpha value is -1.55. The lowest BCUT2D eigenvalue weighted by Gasteiger charge is -2.16. The summed E-state index contributed by atoms with van der Waals surface area (Å²) in [6, 6.07) is 5.41. The summed E-state index contributed by atoms with van der Waals surface area (Å²) in [6.07, 6.45) is 0.480. The van der Waals surface area contributed by atoms with E-state index < -0.39 is 5.97 Å². The molecular formula is C12H17NO3. The van der Waals surface area contributed by atoms with E-state index in [1.807, 2.05) is 25.1 Å². The molecule has 4 nitrogen and oxygen atoms in total. The molecule has 3 N–H and O–H groups in total. The van der Waals surface area contributed by atoms with Gasteiger partial charge in [-0.05, 0) is 18.9 Å². The van der Waals surface area contributed by atoms with Crippen molar-refractivity contribution >= 4 is 5.97 Å². The number of nitrogens with two attached hydrogens (primary N) is 1. The fraction of sp³-hybridized carbons (Fsp3) is 0.417. The van der Waals surface area contributed by atoms with E-state index in [9.17, 15) is 4.79 Å². The van der Waals surface area contributed by atoms with Gasteiger partial charge in [-0.2, -0.15) is 0 Å². The average molecular weight is 223 g/mol. The average Bonchev–Trinajstić information content (AvgIpc) is 2.25. The van der Waals surface area contributed by atoms with Crippen LogP contribution in [0.15, 0.2) is 18.2 Å². The second kappa shape index (κ2) is 5.51. The zero-order valence-corrected chi connectivity index (χ0v) is 9.56. The molecule has 1 aromatic rings. The molecule has 1 rings (SSSR count). The van der Waals surface area contributed by atoms with Gasteiger partial charge in [0, 0.05) is 18.0 Å². The predicted octanol–water partition coefficient (Wildman–Crippen LogP) is 1.87. The zero-order chi connectivity index (χ0) is 12.1. The first-order chi connectivity index (χ1) is 7.56.